The molecular formula is C18H14N4O3. The second-order valence-corrected chi connectivity index (χ2v) is 5.72. The molecular weight excluding hydrogens is 320 g/mol. The Kier molecular flexibility index (Phi) is 3.53. The summed E-state index contributed by atoms with van der Waals surface area (Å²) in [6.45, 7) is 1.89. The van der Waals surface area contributed by atoms with Gasteiger partial charge < -0.3 is 9.73 Å². The number of aromatic nitrogens is 3. The van der Waals surface area contributed by atoms with Crippen LogP contribution >= 0.6 is 0 Å². The molecule has 4 aromatic rings. The first-order valence-corrected chi connectivity index (χ1v) is 7.72. The minimum absolute atomic E-state index is 0.0351. The highest BCUT2D eigenvalue weighted by molar-refractivity contribution is 6.02. The van der Waals surface area contributed by atoms with Gasteiger partial charge in [0.05, 0.1) is 11.7 Å². The van der Waals surface area contributed by atoms with Gasteiger partial charge in [-0.3, -0.25) is 9.48 Å². The van der Waals surface area contributed by atoms with E-state index in [1.165, 1.54) is 10.9 Å². The Morgan fingerprint density at radius 2 is 2.08 bits per heavy atom. The molecule has 3 aromatic heterocycles. The number of hydrogen-bond donors (Lipinski definition) is 1. The average Bonchev–Trinajstić information content (AvgIpc) is 2.99. The lowest BCUT2D eigenvalue weighted by atomic mass is 10.2. The molecule has 0 bridgehead atoms. The van der Waals surface area contributed by atoms with Crippen molar-refractivity contribution in [2.45, 2.75) is 13.5 Å². The van der Waals surface area contributed by atoms with Gasteiger partial charge in [-0.25, -0.2) is 9.78 Å². The maximum absolute atomic E-state index is 12.3. The van der Waals surface area contributed by atoms with Gasteiger partial charge in [-0.15, -0.1) is 0 Å². The van der Waals surface area contributed by atoms with Gasteiger partial charge in [-0.2, -0.15) is 5.10 Å². The molecule has 0 atom stereocenters. The number of carbonyl (C=O) groups excluding carboxylic acids is 1. The van der Waals surface area contributed by atoms with Crippen LogP contribution < -0.4 is 10.9 Å². The molecule has 0 spiro atoms. The first kappa shape index (κ1) is 15.1. The van der Waals surface area contributed by atoms with Crippen molar-refractivity contribution in [1.82, 2.24) is 14.8 Å². The monoisotopic (exact) mass is 334 g/mol. The molecule has 1 amide bonds. The maximum Gasteiger partial charge on any atom is 0.347 e. The van der Waals surface area contributed by atoms with Crippen LogP contribution in [0.25, 0.3) is 21.9 Å². The molecule has 0 aliphatic heterocycles. The largest absolute Gasteiger partial charge is 0.422 e. The Bertz CT molecular complexity index is 1160. The van der Waals surface area contributed by atoms with E-state index in [0.29, 0.717) is 22.3 Å². The highest BCUT2D eigenvalue weighted by Gasteiger charge is 2.15. The summed E-state index contributed by atoms with van der Waals surface area (Å²) in [6.07, 6.45) is 3.05. The third-order valence-electron chi connectivity index (χ3n) is 3.88. The van der Waals surface area contributed by atoms with Crippen molar-refractivity contribution in [1.29, 1.82) is 0 Å². The van der Waals surface area contributed by atoms with E-state index in [1.807, 2.05) is 25.1 Å². The molecule has 124 valence electrons. The lowest BCUT2D eigenvalue weighted by Crippen LogP contribution is -2.20. The molecule has 0 aliphatic carbocycles. The van der Waals surface area contributed by atoms with Crippen LogP contribution in [0.1, 0.15) is 5.56 Å². The molecule has 1 N–H and O–H groups in total. The number of aryl methyl sites for hydroxylation is 1. The molecule has 1 aromatic carbocycles. The number of nitrogens with one attached hydrogen (secondary N) is 1. The van der Waals surface area contributed by atoms with Crippen molar-refractivity contribution in [2.75, 3.05) is 5.32 Å². The summed E-state index contributed by atoms with van der Waals surface area (Å²) >= 11 is 0. The standard InChI is InChI=1S/C18H14N4O3/c1-11-6-7-19-15(8-11)21-16(23)10-22-17-12-4-2-3-5-14(12)25-18(24)13(17)9-20-22/h2-9H,10H2,1H3,(H,19,21,23). The van der Waals surface area contributed by atoms with Gasteiger partial charge >= 0.3 is 5.63 Å². The SMILES string of the molecule is Cc1ccnc(NC(=O)Cn2ncc3c(=O)oc4ccccc4c32)c1. The van der Waals surface area contributed by atoms with Crippen LogP contribution in [-0.4, -0.2) is 20.7 Å². The predicted molar refractivity (Wildman–Crippen MR) is 93.4 cm³/mol. The van der Waals surface area contributed by atoms with Crippen LogP contribution in [0.3, 0.4) is 0 Å². The van der Waals surface area contributed by atoms with Crippen LogP contribution in [0.2, 0.25) is 0 Å². The third kappa shape index (κ3) is 2.76. The number of pyridine rings is 1. The second-order valence-electron chi connectivity index (χ2n) is 5.72. The Morgan fingerprint density at radius 1 is 1.24 bits per heavy atom. The van der Waals surface area contributed by atoms with Crippen LogP contribution in [0.5, 0.6) is 0 Å². The number of carbonyl (C=O) groups is 1. The van der Waals surface area contributed by atoms with E-state index in [-0.39, 0.29) is 12.5 Å². The maximum atomic E-state index is 12.3. The van der Waals surface area contributed by atoms with Crippen LogP contribution in [0, 0.1) is 6.92 Å². The lowest BCUT2D eigenvalue weighted by molar-refractivity contribution is -0.116. The van der Waals surface area contributed by atoms with Crippen molar-refractivity contribution in [3.8, 4) is 0 Å². The summed E-state index contributed by atoms with van der Waals surface area (Å²) in [7, 11) is 0. The van der Waals surface area contributed by atoms with Crippen molar-refractivity contribution in [2.24, 2.45) is 0 Å². The topological polar surface area (TPSA) is 90.0 Å². The summed E-state index contributed by atoms with van der Waals surface area (Å²) in [4.78, 5) is 28.5. The zero-order valence-electron chi connectivity index (χ0n) is 13.4. The van der Waals surface area contributed by atoms with Crippen molar-refractivity contribution in [3.63, 3.8) is 0 Å². The summed E-state index contributed by atoms with van der Waals surface area (Å²) in [6, 6.07) is 10.8. The van der Waals surface area contributed by atoms with E-state index in [0.717, 1.165) is 10.9 Å². The molecule has 0 unspecified atom stereocenters. The van der Waals surface area contributed by atoms with Gasteiger partial charge in [0.2, 0.25) is 5.91 Å². The molecule has 0 fully saturated rings. The molecule has 4 rings (SSSR count). The fourth-order valence-corrected chi connectivity index (χ4v) is 2.77. The van der Waals surface area contributed by atoms with E-state index in [2.05, 4.69) is 15.4 Å². The third-order valence-corrected chi connectivity index (χ3v) is 3.88. The Balaban J connectivity index is 1.72. The normalized spacial score (nSPS) is 11.1. The number of benzene rings is 1. The van der Waals surface area contributed by atoms with Crippen LogP contribution in [0.4, 0.5) is 5.82 Å². The van der Waals surface area contributed by atoms with Crippen molar-refractivity contribution < 1.29 is 9.21 Å². The highest BCUT2D eigenvalue weighted by atomic mass is 16.4. The zero-order valence-corrected chi connectivity index (χ0v) is 13.4. The van der Waals surface area contributed by atoms with Gasteiger partial charge in [0, 0.05) is 11.6 Å². The molecule has 25 heavy (non-hydrogen) atoms. The second kappa shape index (κ2) is 5.86. The van der Waals surface area contributed by atoms with Gasteiger partial charge in [-0.1, -0.05) is 12.1 Å². The first-order valence-electron chi connectivity index (χ1n) is 7.72. The summed E-state index contributed by atoms with van der Waals surface area (Å²) in [5.41, 5.74) is 1.57. The molecule has 0 saturated heterocycles. The van der Waals surface area contributed by atoms with Crippen molar-refractivity contribution >= 4 is 33.6 Å². The van der Waals surface area contributed by atoms with Gasteiger partial charge in [-0.05, 0) is 36.8 Å². The van der Waals surface area contributed by atoms with Gasteiger partial charge in [0.25, 0.3) is 0 Å². The summed E-state index contributed by atoms with van der Waals surface area (Å²) in [5, 5.41) is 8.00. The molecule has 0 aliphatic rings. The number of fused-ring (bicyclic) bond motifs is 3. The minimum atomic E-state index is -0.472. The van der Waals surface area contributed by atoms with E-state index in [4.69, 9.17) is 4.42 Å². The number of hydrogen-bond acceptors (Lipinski definition) is 5. The number of anilines is 1. The van der Waals surface area contributed by atoms with Crippen molar-refractivity contribution in [3.05, 3.63) is 64.8 Å². The Labute approximate surface area is 141 Å². The fraction of sp³-hybridized carbons (Fsp3) is 0.111. The van der Waals surface area contributed by atoms with Crippen LogP contribution in [0.15, 0.2) is 58.0 Å². The lowest BCUT2D eigenvalue weighted by Gasteiger charge is -2.07. The highest BCUT2D eigenvalue weighted by Crippen LogP contribution is 2.22. The fourth-order valence-electron chi connectivity index (χ4n) is 2.77. The zero-order chi connectivity index (χ0) is 17.4. The molecule has 3 heterocycles. The summed E-state index contributed by atoms with van der Waals surface area (Å²) < 4.78 is 6.78. The van der Waals surface area contributed by atoms with Gasteiger partial charge in [0.15, 0.2) is 0 Å². The first-order chi connectivity index (χ1) is 12.1. The van der Waals surface area contributed by atoms with E-state index < -0.39 is 5.63 Å². The predicted octanol–water partition coefficient (Wildman–Crippen LogP) is 2.48. The summed E-state index contributed by atoms with van der Waals surface area (Å²) in [5.74, 6) is 0.200. The Hall–Kier alpha value is -3.48. The quantitative estimate of drug-likeness (QED) is 0.581. The molecule has 7 nitrogen and oxygen atoms in total. The number of para-hydroxylation sites is 1. The molecule has 0 radical (unpaired) electrons. The number of nitrogens with zero attached hydrogens (tertiary/aromatic N) is 3. The minimum Gasteiger partial charge on any atom is -0.422 e. The number of amides is 1. The van der Waals surface area contributed by atoms with E-state index >= 15 is 0 Å². The molecule has 0 saturated carbocycles. The van der Waals surface area contributed by atoms with E-state index in [9.17, 15) is 9.59 Å². The Morgan fingerprint density at radius 3 is 2.92 bits per heavy atom. The number of rotatable bonds is 3. The smallest absolute Gasteiger partial charge is 0.347 e. The molecule has 7 heteroatoms. The van der Waals surface area contributed by atoms with Gasteiger partial charge in [0.1, 0.15) is 23.3 Å². The van der Waals surface area contributed by atoms with E-state index in [1.54, 1.807) is 24.4 Å². The van der Waals surface area contributed by atoms with Crippen LogP contribution in [-0.2, 0) is 11.3 Å². The average molecular weight is 334 g/mol.